The molecule has 1 amide bonds. The molecule has 4 aromatic rings. The number of carbonyl (C=O) groups is 1. The Morgan fingerprint density at radius 1 is 1.19 bits per heavy atom. The number of rotatable bonds is 5. The van der Waals surface area contributed by atoms with Crippen molar-refractivity contribution in [2.45, 2.75) is 44.8 Å². The first-order valence-corrected chi connectivity index (χ1v) is 12.5. The van der Waals surface area contributed by atoms with Crippen molar-refractivity contribution in [2.75, 3.05) is 6.61 Å². The minimum atomic E-state index is -0.211. The van der Waals surface area contributed by atoms with Crippen LogP contribution in [0.1, 0.15) is 48.3 Å². The number of amides is 1. The molecule has 1 aromatic carbocycles. The molecule has 1 fully saturated rings. The number of nitrogens with one attached hydrogen (secondary N) is 1. The molecule has 7 heteroatoms. The van der Waals surface area contributed by atoms with Crippen LogP contribution in [0.15, 0.2) is 53.4 Å². The molecule has 3 aromatic heterocycles. The molecule has 0 bridgehead atoms. The predicted octanol–water partition coefficient (Wildman–Crippen LogP) is 5.70. The van der Waals surface area contributed by atoms with Crippen LogP contribution in [0.2, 0.25) is 0 Å². The summed E-state index contributed by atoms with van der Waals surface area (Å²) in [6.07, 6.45) is 4.21. The number of carbonyl (C=O) groups excluding carboxylic acids is 1. The van der Waals surface area contributed by atoms with E-state index in [4.69, 9.17) is 4.74 Å². The van der Waals surface area contributed by atoms with E-state index in [0.29, 0.717) is 12.3 Å². The molecule has 1 atom stereocenters. The molecular weight excluding hydrogens is 438 g/mol. The Bertz CT molecular complexity index is 1230. The van der Waals surface area contributed by atoms with Crippen molar-refractivity contribution in [3.8, 4) is 10.6 Å². The average Bonchev–Trinajstić information content (AvgIpc) is 3.46. The summed E-state index contributed by atoms with van der Waals surface area (Å²) < 4.78 is 6.92. The molecule has 164 valence electrons. The van der Waals surface area contributed by atoms with Crippen LogP contribution in [0, 0.1) is 0 Å². The van der Waals surface area contributed by atoms with Crippen LogP contribution in [0.3, 0.4) is 0 Å². The molecule has 1 aliphatic heterocycles. The Hall–Kier alpha value is -2.61. The van der Waals surface area contributed by atoms with Crippen LogP contribution in [0.4, 0.5) is 0 Å². The highest BCUT2D eigenvalue weighted by Crippen LogP contribution is 2.29. The van der Waals surface area contributed by atoms with Crippen LogP contribution in [0.25, 0.3) is 20.8 Å². The lowest BCUT2D eigenvalue weighted by molar-refractivity contribution is -0.0615. The number of thiazole rings is 1. The molecule has 0 spiro atoms. The Balaban J connectivity index is 1.38. The molecule has 1 N–H and O–H groups in total. The van der Waals surface area contributed by atoms with Crippen molar-refractivity contribution >= 4 is 38.8 Å². The van der Waals surface area contributed by atoms with Gasteiger partial charge in [-0.2, -0.15) is 0 Å². The Morgan fingerprint density at radius 3 is 2.78 bits per heavy atom. The van der Waals surface area contributed by atoms with Crippen LogP contribution >= 0.6 is 22.7 Å². The number of fused-ring (bicyclic) bond motifs is 1. The maximum absolute atomic E-state index is 13.1. The second-order valence-electron chi connectivity index (χ2n) is 8.78. The van der Waals surface area contributed by atoms with Crippen molar-refractivity contribution in [3.05, 3.63) is 70.2 Å². The van der Waals surface area contributed by atoms with Crippen molar-refractivity contribution in [2.24, 2.45) is 0 Å². The zero-order chi connectivity index (χ0) is 22.1. The lowest BCUT2D eigenvalue weighted by Crippen LogP contribution is -2.46. The van der Waals surface area contributed by atoms with Crippen LogP contribution < -0.4 is 5.32 Å². The third-order valence-corrected chi connectivity index (χ3v) is 7.58. The van der Waals surface area contributed by atoms with Gasteiger partial charge in [0.15, 0.2) is 0 Å². The summed E-state index contributed by atoms with van der Waals surface area (Å²) in [4.78, 5) is 22.1. The fraction of sp³-hybridized carbons (Fsp3) is 0.320. The first-order valence-electron chi connectivity index (χ1n) is 10.8. The van der Waals surface area contributed by atoms with Gasteiger partial charge < -0.3 is 10.1 Å². The molecule has 0 saturated carbocycles. The van der Waals surface area contributed by atoms with Gasteiger partial charge in [0.25, 0.3) is 5.91 Å². The summed E-state index contributed by atoms with van der Waals surface area (Å²) in [5.41, 5.74) is 4.60. The van der Waals surface area contributed by atoms with E-state index in [9.17, 15) is 4.79 Å². The molecule has 5 rings (SSSR count). The molecule has 4 heterocycles. The van der Waals surface area contributed by atoms with Gasteiger partial charge in [0.1, 0.15) is 10.7 Å². The van der Waals surface area contributed by atoms with E-state index >= 15 is 0 Å². The largest absolute Gasteiger partial charge is 0.375 e. The maximum Gasteiger partial charge on any atom is 0.270 e. The zero-order valence-corrected chi connectivity index (χ0v) is 19.8. The second-order valence-corrected chi connectivity index (χ2v) is 10.6. The SMILES string of the molecule is CC1(C)CC(NC(=O)c2cc(Cc3ccc(-c4nccs4)cc3)c3sccc3n2)CCO1. The van der Waals surface area contributed by atoms with Gasteiger partial charge in [-0.3, -0.25) is 4.79 Å². The lowest BCUT2D eigenvalue weighted by Gasteiger charge is -2.35. The summed E-state index contributed by atoms with van der Waals surface area (Å²) >= 11 is 3.31. The molecular formula is C25H25N3O2S2. The monoisotopic (exact) mass is 463 g/mol. The molecule has 32 heavy (non-hydrogen) atoms. The van der Waals surface area contributed by atoms with Crippen LogP contribution in [0.5, 0.6) is 0 Å². The minimum absolute atomic E-state index is 0.105. The minimum Gasteiger partial charge on any atom is -0.375 e. The summed E-state index contributed by atoms with van der Waals surface area (Å²) in [5, 5.41) is 8.23. The average molecular weight is 464 g/mol. The highest BCUT2D eigenvalue weighted by Gasteiger charge is 2.30. The van der Waals surface area contributed by atoms with Crippen molar-refractivity contribution in [1.29, 1.82) is 0 Å². The summed E-state index contributed by atoms with van der Waals surface area (Å²) in [5.74, 6) is -0.110. The summed E-state index contributed by atoms with van der Waals surface area (Å²) in [6.45, 7) is 4.80. The molecule has 1 aliphatic rings. The van der Waals surface area contributed by atoms with Crippen LogP contribution in [-0.4, -0.2) is 34.1 Å². The third kappa shape index (κ3) is 4.60. The third-order valence-electron chi connectivity index (χ3n) is 5.78. The van der Waals surface area contributed by atoms with E-state index in [1.54, 1.807) is 22.7 Å². The molecule has 0 aliphatic carbocycles. The van der Waals surface area contributed by atoms with Crippen molar-refractivity contribution in [3.63, 3.8) is 0 Å². The first-order chi connectivity index (χ1) is 15.5. The molecule has 1 saturated heterocycles. The Labute approximate surface area is 195 Å². The highest BCUT2D eigenvalue weighted by molar-refractivity contribution is 7.17. The quantitative estimate of drug-likeness (QED) is 0.412. The maximum atomic E-state index is 13.1. The second kappa shape index (κ2) is 8.73. The van der Waals surface area contributed by atoms with Gasteiger partial charge in [0, 0.05) is 29.8 Å². The van der Waals surface area contributed by atoms with Gasteiger partial charge in [-0.05, 0) is 61.7 Å². The van der Waals surface area contributed by atoms with Crippen LogP contribution in [-0.2, 0) is 11.2 Å². The smallest absolute Gasteiger partial charge is 0.270 e. The van der Waals surface area contributed by atoms with Gasteiger partial charge in [-0.25, -0.2) is 9.97 Å². The van der Waals surface area contributed by atoms with Gasteiger partial charge in [0.05, 0.1) is 15.8 Å². The first kappa shape index (κ1) is 21.2. The molecule has 5 nitrogen and oxygen atoms in total. The highest BCUT2D eigenvalue weighted by atomic mass is 32.1. The number of nitrogens with zero attached hydrogens (tertiary/aromatic N) is 2. The Morgan fingerprint density at radius 2 is 2.03 bits per heavy atom. The number of thiophene rings is 1. The van der Waals surface area contributed by atoms with Gasteiger partial charge in [0.2, 0.25) is 0 Å². The summed E-state index contributed by atoms with van der Waals surface area (Å²) in [7, 11) is 0. The predicted molar refractivity (Wildman–Crippen MR) is 130 cm³/mol. The van der Waals surface area contributed by atoms with Crippen molar-refractivity contribution < 1.29 is 9.53 Å². The van der Waals surface area contributed by atoms with E-state index in [-0.39, 0.29) is 17.6 Å². The van der Waals surface area contributed by atoms with Gasteiger partial charge in [-0.15, -0.1) is 22.7 Å². The number of ether oxygens (including phenoxy) is 1. The number of hydrogen-bond donors (Lipinski definition) is 1. The molecule has 1 unspecified atom stereocenters. The Kier molecular flexibility index (Phi) is 5.80. The van der Waals surface area contributed by atoms with Crippen molar-refractivity contribution in [1.82, 2.24) is 15.3 Å². The number of benzene rings is 1. The zero-order valence-electron chi connectivity index (χ0n) is 18.1. The normalized spacial score (nSPS) is 18.0. The van der Waals surface area contributed by atoms with E-state index in [0.717, 1.165) is 45.6 Å². The van der Waals surface area contributed by atoms with Gasteiger partial charge >= 0.3 is 0 Å². The van der Waals surface area contributed by atoms with E-state index in [1.807, 2.05) is 29.1 Å². The standard InChI is InChI=1S/C25H25N3O2S2/c1-25(2)15-19(7-10-30-25)27-23(29)21-14-18(22-20(28-21)8-11-31-22)13-16-3-5-17(6-4-16)24-26-9-12-32-24/h3-6,8-9,11-12,14,19H,7,10,13,15H2,1-2H3,(H,27,29). The lowest BCUT2D eigenvalue weighted by atomic mass is 9.94. The fourth-order valence-electron chi connectivity index (χ4n) is 4.24. The van der Waals surface area contributed by atoms with Gasteiger partial charge in [-0.1, -0.05) is 24.3 Å². The number of hydrogen-bond acceptors (Lipinski definition) is 6. The fourth-order valence-corrected chi connectivity index (χ4v) is 5.73. The number of aromatic nitrogens is 2. The van der Waals surface area contributed by atoms with E-state index in [2.05, 4.69) is 53.4 Å². The van der Waals surface area contributed by atoms with E-state index in [1.165, 1.54) is 5.56 Å². The number of pyridine rings is 1. The molecule has 0 radical (unpaired) electrons. The summed E-state index contributed by atoms with van der Waals surface area (Å²) in [6, 6.07) is 12.5. The van der Waals surface area contributed by atoms with E-state index < -0.39 is 0 Å². The topological polar surface area (TPSA) is 64.1 Å².